The second-order valence-electron chi connectivity index (χ2n) is 8.54. The van der Waals surface area contributed by atoms with Gasteiger partial charge in [-0.2, -0.15) is 0 Å². The smallest absolute Gasteiger partial charge is 0.319 e. The maximum atomic E-state index is 13.6. The highest BCUT2D eigenvalue weighted by Gasteiger charge is 2.54. The SMILES string of the molecule is C[C@@H]1Cc2ccccc2N1C(=O)CN1C(=O)N[C@]2(CCCCc3ccccc32)C1=O. The monoisotopic (exact) mass is 403 g/mol. The van der Waals surface area contributed by atoms with Crippen LogP contribution in [-0.4, -0.2) is 35.3 Å². The molecular weight excluding hydrogens is 378 g/mol. The molecule has 0 bridgehead atoms. The molecule has 1 saturated heterocycles. The van der Waals surface area contributed by atoms with Gasteiger partial charge in [-0.15, -0.1) is 0 Å². The van der Waals surface area contributed by atoms with E-state index in [1.165, 1.54) is 0 Å². The van der Waals surface area contributed by atoms with Gasteiger partial charge >= 0.3 is 6.03 Å². The van der Waals surface area contributed by atoms with Crippen molar-refractivity contribution in [3.8, 4) is 0 Å². The van der Waals surface area contributed by atoms with Crippen LogP contribution in [0.1, 0.15) is 42.9 Å². The number of carbonyl (C=O) groups excluding carboxylic acids is 3. The molecular formula is C24H25N3O3. The Balaban J connectivity index is 1.44. The third-order valence-corrected chi connectivity index (χ3v) is 6.67. The van der Waals surface area contributed by atoms with Gasteiger partial charge in [-0.3, -0.25) is 14.5 Å². The Morgan fingerprint density at radius 3 is 2.63 bits per heavy atom. The summed E-state index contributed by atoms with van der Waals surface area (Å²) in [7, 11) is 0. The molecule has 2 atom stereocenters. The summed E-state index contributed by atoms with van der Waals surface area (Å²) in [6, 6.07) is 15.2. The molecule has 6 heteroatoms. The van der Waals surface area contributed by atoms with Crippen LogP contribution < -0.4 is 10.2 Å². The zero-order chi connectivity index (χ0) is 20.9. The third-order valence-electron chi connectivity index (χ3n) is 6.67. The van der Waals surface area contributed by atoms with Gasteiger partial charge < -0.3 is 10.2 Å². The van der Waals surface area contributed by atoms with Crippen LogP contribution in [0.3, 0.4) is 0 Å². The van der Waals surface area contributed by atoms with E-state index in [0.717, 1.165) is 53.0 Å². The summed E-state index contributed by atoms with van der Waals surface area (Å²) in [6.07, 6.45) is 4.05. The summed E-state index contributed by atoms with van der Waals surface area (Å²) >= 11 is 0. The highest BCUT2D eigenvalue weighted by molar-refractivity contribution is 6.11. The Labute approximate surface area is 175 Å². The molecule has 4 amide bonds. The van der Waals surface area contributed by atoms with E-state index in [4.69, 9.17) is 0 Å². The normalized spacial score (nSPS) is 25.2. The van der Waals surface area contributed by atoms with Crippen LogP contribution >= 0.6 is 0 Å². The number of rotatable bonds is 2. The minimum atomic E-state index is -1.06. The molecule has 1 aliphatic carbocycles. The van der Waals surface area contributed by atoms with Crippen LogP contribution in [0.2, 0.25) is 0 Å². The number of urea groups is 1. The second-order valence-corrected chi connectivity index (χ2v) is 8.54. The molecule has 0 unspecified atom stereocenters. The van der Waals surface area contributed by atoms with Gasteiger partial charge in [0.1, 0.15) is 12.1 Å². The molecule has 0 saturated carbocycles. The van der Waals surface area contributed by atoms with E-state index in [0.29, 0.717) is 6.42 Å². The minimum Gasteiger partial charge on any atom is -0.319 e. The van der Waals surface area contributed by atoms with E-state index in [9.17, 15) is 14.4 Å². The molecule has 0 aromatic heterocycles. The number of amides is 4. The molecule has 3 aliphatic rings. The van der Waals surface area contributed by atoms with Crippen LogP contribution in [0.25, 0.3) is 0 Å². The van der Waals surface area contributed by atoms with Crippen molar-refractivity contribution in [1.29, 1.82) is 0 Å². The van der Waals surface area contributed by atoms with Crippen molar-refractivity contribution in [3.63, 3.8) is 0 Å². The summed E-state index contributed by atoms with van der Waals surface area (Å²) in [5.41, 5.74) is 2.90. The molecule has 1 fully saturated rings. The quantitative estimate of drug-likeness (QED) is 0.784. The molecule has 2 aliphatic heterocycles. The van der Waals surface area contributed by atoms with Crippen molar-refractivity contribution in [1.82, 2.24) is 10.2 Å². The predicted octanol–water partition coefficient (Wildman–Crippen LogP) is 3.14. The van der Waals surface area contributed by atoms with Gasteiger partial charge in [0.2, 0.25) is 5.91 Å². The second kappa shape index (κ2) is 6.97. The van der Waals surface area contributed by atoms with Gasteiger partial charge in [-0.25, -0.2) is 4.79 Å². The number of imide groups is 1. The summed E-state index contributed by atoms with van der Waals surface area (Å²) in [5.74, 6) is -0.537. The fraction of sp³-hybridized carbons (Fsp3) is 0.375. The van der Waals surface area contributed by atoms with Crippen LogP contribution in [0.15, 0.2) is 48.5 Å². The highest BCUT2D eigenvalue weighted by Crippen LogP contribution is 2.39. The Kier molecular flexibility index (Phi) is 4.38. The molecule has 2 aromatic rings. The number of anilines is 1. The minimum absolute atomic E-state index is 0.00299. The van der Waals surface area contributed by atoms with E-state index in [1.807, 2.05) is 55.5 Å². The lowest BCUT2D eigenvalue weighted by Crippen LogP contribution is -2.47. The number of fused-ring (bicyclic) bond motifs is 3. The first-order valence-corrected chi connectivity index (χ1v) is 10.6. The first kappa shape index (κ1) is 18.9. The maximum absolute atomic E-state index is 13.6. The van der Waals surface area contributed by atoms with Crippen LogP contribution in [0.5, 0.6) is 0 Å². The number of benzene rings is 2. The first-order valence-electron chi connectivity index (χ1n) is 10.6. The number of carbonyl (C=O) groups is 3. The van der Waals surface area contributed by atoms with E-state index in [-0.39, 0.29) is 24.4 Å². The summed E-state index contributed by atoms with van der Waals surface area (Å²) in [4.78, 5) is 42.5. The number of para-hydroxylation sites is 1. The van der Waals surface area contributed by atoms with Crippen LogP contribution in [0.4, 0.5) is 10.5 Å². The van der Waals surface area contributed by atoms with Gasteiger partial charge in [-0.1, -0.05) is 42.5 Å². The summed E-state index contributed by atoms with van der Waals surface area (Å²) in [5, 5.41) is 2.96. The molecule has 5 rings (SSSR count). The van der Waals surface area contributed by atoms with E-state index >= 15 is 0 Å². The molecule has 1 N–H and O–H groups in total. The van der Waals surface area contributed by atoms with Crippen molar-refractivity contribution in [3.05, 3.63) is 65.2 Å². The number of nitrogens with one attached hydrogen (secondary N) is 1. The zero-order valence-electron chi connectivity index (χ0n) is 17.1. The zero-order valence-corrected chi connectivity index (χ0v) is 17.1. The molecule has 154 valence electrons. The number of hydrogen-bond acceptors (Lipinski definition) is 3. The van der Waals surface area contributed by atoms with Gasteiger partial charge in [0.15, 0.2) is 0 Å². The average molecular weight is 403 g/mol. The molecule has 1 spiro atoms. The van der Waals surface area contributed by atoms with Crippen LogP contribution in [-0.2, 0) is 28.0 Å². The Hall–Kier alpha value is -3.15. The summed E-state index contributed by atoms with van der Waals surface area (Å²) in [6.45, 7) is 1.75. The molecule has 30 heavy (non-hydrogen) atoms. The average Bonchev–Trinajstić information content (AvgIpc) is 3.11. The lowest BCUT2D eigenvalue weighted by Gasteiger charge is -2.28. The fourth-order valence-electron chi connectivity index (χ4n) is 5.27. The highest BCUT2D eigenvalue weighted by atomic mass is 16.2. The van der Waals surface area contributed by atoms with Gasteiger partial charge in [0.05, 0.1) is 0 Å². The van der Waals surface area contributed by atoms with Gasteiger partial charge in [0.25, 0.3) is 5.91 Å². The van der Waals surface area contributed by atoms with Crippen molar-refractivity contribution in [2.24, 2.45) is 0 Å². The number of nitrogens with zero attached hydrogens (tertiary/aromatic N) is 2. The Morgan fingerprint density at radius 2 is 1.80 bits per heavy atom. The third kappa shape index (κ3) is 2.74. The van der Waals surface area contributed by atoms with E-state index in [1.54, 1.807) is 4.90 Å². The van der Waals surface area contributed by atoms with Crippen molar-refractivity contribution < 1.29 is 14.4 Å². The lowest BCUT2D eigenvalue weighted by atomic mass is 9.84. The predicted molar refractivity (Wildman–Crippen MR) is 113 cm³/mol. The van der Waals surface area contributed by atoms with Crippen LogP contribution in [0, 0.1) is 0 Å². The Morgan fingerprint density at radius 1 is 1.07 bits per heavy atom. The first-order chi connectivity index (χ1) is 14.5. The molecule has 2 heterocycles. The number of aryl methyl sites for hydroxylation is 1. The summed E-state index contributed by atoms with van der Waals surface area (Å²) < 4.78 is 0. The van der Waals surface area contributed by atoms with E-state index < -0.39 is 11.6 Å². The van der Waals surface area contributed by atoms with E-state index in [2.05, 4.69) is 5.32 Å². The largest absolute Gasteiger partial charge is 0.325 e. The topological polar surface area (TPSA) is 69.7 Å². The molecule has 2 aromatic carbocycles. The molecule has 6 nitrogen and oxygen atoms in total. The Bertz CT molecular complexity index is 1050. The standard InChI is InChI=1S/C24H25N3O3/c1-16-14-18-10-3-5-12-20(18)27(16)21(28)15-26-22(29)24(25-23(26)30)13-7-6-9-17-8-2-4-11-19(17)24/h2-5,8,10-12,16H,6-7,9,13-15H2,1H3,(H,25,30)/t16-,24+/m1/s1. The van der Waals surface area contributed by atoms with Gasteiger partial charge in [-0.05, 0) is 61.8 Å². The number of hydrogen-bond donors (Lipinski definition) is 1. The van der Waals surface area contributed by atoms with Crippen molar-refractivity contribution in [2.45, 2.75) is 50.6 Å². The van der Waals surface area contributed by atoms with Gasteiger partial charge in [0, 0.05) is 11.7 Å². The molecule has 0 radical (unpaired) electrons. The van der Waals surface area contributed by atoms with Crippen molar-refractivity contribution in [2.75, 3.05) is 11.4 Å². The maximum Gasteiger partial charge on any atom is 0.325 e. The lowest BCUT2D eigenvalue weighted by molar-refractivity contribution is -0.135. The fourth-order valence-corrected chi connectivity index (χ4v) is 5.27. The van der Waals surface area contributed by atoms with Crippen molar-refractivity contribution >= 4 is 23.5 Å².